The highest BCUT2D eigenvalue weighted by Crippen LogP contribution is 2.26. The standard InChI is InChI=1S/C16H26N2O4S/c1-3-14-4-5-15(22-14)11-17-7-6-13-10-18(23(2,19)20)8-9-21-16(13)12-17/h4-5,13,16H,3,6-12H2,1-2H3/t13-,16-/m1/s1. The van der Waals surface area contributed by atoms with E-state index in [0.717, 1.165) is 44.0 Å². The molecule has 2 aliphatic heterocycles. The molecule has 130 valence electrons. The van der Waals surface area contributed by atoms with Crippen molar-refractivity contribution in [2.45, 2.75) is 32.4 Å². The Bertz CT molecular complexity index is 628. The average Bonchev–Trinajstić information content (AvgIpc) is 2.83. The van der Waals surface area contributed by atoms with Crippen molar-refractivity contribution in [3.05, 3.63) is 23.7 Å². The zero-order valence-corrected chi connectivity index (χ0v) is 14.7. The summed E-state index contributed by atoms with van der Waals surface area (Å²) in [5.41, 5.74) is 0. The summed E-state index contributed by atoms with van der Waals surface area (Å²) in [5, 5.41) is 0. The summed E-state index contributed by atoms with van der Waals surface area (Å²) in [5.74, 6) is 2.29. The van der Waals surface area contributed by atoms with Gasteiger partial charge in [-0.25, -0.2) is 8.42 Å². The molecule has 0 N–H and O–H groups in total. The van der Waals surface area contributed by atoms with Crippen molar-refractivity contribution in [3.8, 4) is 0 Å². The van der Waals surface area contributed by atoms with E-state index in [-0.39, 0.29) is 12.0 Å². The van der Waals surface area contributed by atoms with Crippen LogP contribution in [0.5, 0.6) is 0 Å². The molecule has 2 atom stereocenters. The molecule has 3 heterocycles. The van der Waals surface area contributed by atoms with Gasteiger partial charge in [-0.1, -0.05) is 6.92 Å². The molecule has 0 spiro atoms. The molecule has 2 fully saturated rings. The molecule has 0 unspecified atom stereocenters. The van der Waals surface area contributed by atoms with Crippen LogP contribution in [0.4, 0.5) is 0 Å². The van der Waals surface area contributed by atoms with Gasteiger partial charge >= 0.3 is 0 Å². The molecule has 0 radical (unpaired) electrons. The van der Waals surface area contributed by atoms with Crippen LogP contribution in [0.1, 0.15) is 24.9 Å². The molecule has 0 saturated carbocycles. The van der Waals surface area contributed by atoms with Gasteiger partial charge in [-0.15, -0.1) is 0 Å². The molecular formula is C16H26N2O4S. The number of piperidine rings is 1. The fraction of sp³-hybridized carbons (Fsp3) is 0.750. The third-order valence-electron chi connectivity index (χ3n) is 4.81. The first-order chi connectivity index (χ1) is 11.0. The number of rotatable bonds is 4. The Kier molecular flexibility index (Phi) is 5.10. The number of fused-ring (bicyclic) bond motifs is 1. The first-order valence-electron chi connectivity index (χ1n) is 8.32. The van der Waals surface area contributed by atoms with Gasteiger partial charge in [0, 0.05) is 32.0 Å². The first-order valence-corrected chi connectivity index (χ1v) is 10.2. The van der Waals surface area contributed by atoms with Crippen LogP contribution in [0.2, 0.25) is 0 Å². The van der Waals surface area contributed by atoms with E-state index in [1.165, 1.54) is 6.26 Å². The lowest BCUT2D eigenvalue weighted by Gasteiger charge is -2.37. The minimum absolute atomic E-state index is 0.108. The van der Waals surface area contributed by atoms with Crippen molar-refractivity contribution in [3.63, 3.8) is 0 Å². The Morgan fingerprint density at radius 3 is 2.70 bits per heavy atom. The van der Waals surface area contributed by atoms with Crippen molar-refractivity contribution >= 4 is 10.0 Å². The SMILES string of the molecule is CCc1ccc(CN2CC[C@@H]3CN(S(C)(=O)=O)CCO[C@@H]3C2)o1. The molecule has 23 heavy (non-hydrogen) atoms. The van der Waals surface area contributed by atoms with Crippen LogP contribution < -0.4 is 0 Å². The van der Waals surface area contributed by atoms with Crippen LogP contribution in [0.25, 0.3) is 0 Å². The molecule has 3 rings (SSSR count). The van der Waals surface area contributed by atoms with E-state index in [4.69, 9.17) is 9.15 Å². The van der Waals surface area contributed by atoms with E-state index < -0.39 is 10.0 Å². The smallest absolute Gasteiger partial charge is 0.211 e. The highest BCUT2D eigenvalue weighted by atomic mass is 32.2. The predicted octanol–water partition coefficient (Wildman–Crippen LogP) is 1.32. The number of aryl methyl sites for hydroxylation is 1. The molecule has 7 heteroatoms. The Balaban J connectivity index is 1.60. The molecule has 1 aromatic rings. The number of nitrogens with zero attached hydrogens (tertiary/aromatic N) is 2. The summed E-state index contributed by atoms with van der Waals surface area (Å²) >= 11 is 0. The van der Waals surface area contributed by atoms with E-state index >= 15 is 0 Å². The first kappa shape index (κ1) is 17.0. The lowest BCUT2D eigenvalue weighted by atomic mass is 9.93. The molecule has 0 bridgehead atoms. The molecule has 2 saturated heterocycles. The van der Waals surface area contributed by atoms with Gasteiger partial charge in [0.25, 0.3) is 0 Å². The van der Waals surface area contributed by atoms with E-state index in [1.54, 1.807) is 4.31 Å². The van der Waals surface area contributed by atoms with Gasteiger partial charge in [-0.2, -0.15) is 4.31 Å². The molecule has 2 aliphatic rings. The largest absolute Gasteiger partial charge is 0.465 e. The van der Waals surface area contributed by atoms with Crippen LogP contribution in [0, 0.1) is 5.92 Å². The molecule has 0 aliphatic carbocycles. The zero-order chi connectivity index (χ0) is 16.4. The zero-order valence-electron chi connectivity index (χ0n) is 13.9. The monoisotopic (exact) mass is 342 g/mol. The topological polar surface area (TPSA) is 63.0 Å². The maximum atomic E-state index is 11.8. The summed E-state index contributed by atoms with van der Waals surface area (Å²) in [6, 6.07) is 4.08. The summed E-state index contributed by atoms with van der Waals surface area (Å²) < 4.78 is 36.9. The quantitative estimate of drug-likeness (QED) is 0.826. The summed E-state index contributed by atoms with van der Waals surface area (Å²) in [6.07, 6.45) is 3.26. The molecule has 6 nitrogen and oxygen atoms in total. The summed E-state index contributed by atoms with van der Waals surface area (Å²) in [6.45, 7) is 6.18. The number of likely N-dealkylation sites (tertiary alicyclic amines) is 1. The van der Waals surface area contributed by atoms with Gasteiger partial charge in [0.15, 0.2) is 0 Å². The molecule has 1 aromatic heterocycles. The predicted molar refractivity (Wildman–Crippen MR) is 87.6 cm³/mol. The second-order valence-electron chi connectivity index (χ2n) is 6.54. The second-order valence-corrected chi connectivity index (χ2v) is 8.52. The van der Waals surface area contributed by atoms with E-state index in [2.05, 4.69) is 11.8 Å². The van der Waals surface area contributed by atoms with Crippen LogP contribution in [0.15, 0.2) is 16.5 Å². The van der Waals surface area contributed by atoms with Crippen molar-refractivity contribution in [1.29, 1.82) is 0 Å². The second kappa shape index (κ2) is 6.93. The third-order valence-corrected chi connectivity index (χ3v) is 6.07. The number of sulfonamides is 1. The van der Waals surface area contributed by atoms with Gasteiger partial charge in [-0.3, -0.25) is 4.90 Å². The minimum atomic E-state index is -3.14. The van der Waals surface area contributed by atoms with Crippen LogP contribution >= 0.6 is 0 Å². The van der Waals surface area contributed by atoms with Gasteiger partial charge in [0.05, 0.1) is 25.5 Å². The number of hydrogen-bond acceptors (Lipinski definition) is 5. The van der Waals surface area contributed by atoms with Crippen molar-refractivity contribution in [1.82, 2.24) is 9.21 Å². The Morgan fingerprint density at radius 1 is 1.22 bits per heavy atom. The van der Waals surface area contributed by atoms with E-state index in [9.17, 15) is 8.42 Å². The third kappa shape index (κ3) is 4.15. The minimum Gasteiger partial charge on any atom is -0.465 e. The number of furan rings is 1. The highest BCUT2D eigenvalue weighted by Gasteiger charge is 2.35. The van der Waals surface area contributed by atoms with Crippen molar-refractivity contribution in [2.24, 2.45) is 5.92 Å². The van der Waals surface area contributed by atoms with Gasteiger partial charge in [0.2, 0.25) is 10.0 Å². The lowest BCUT2D eigenvalue weighted by Crippen LogP contribution is -2.47. The van der Waals surface area contributed by atoms with Gasteiger partial charge < -0.3 is 9.15 Å². The average molecular weight is 342 g/mol. The van der Waals surface area contributed by atoms with E-state index in [1.807, 2.05) is 12.1 Å². The molecule has 0 aromatic carbocycles. The normalized spacial score (nSPS) is 27.6. The summed E-state index contributed by atoms with van der Waals surface area (Å²) in [7, 11) is -3.14. The van der Waals surface area contributed by atoms with Crippen LogP contribution in [-0.2, 0) is 27.7 Å². The molecule has 0 amide bonds. The Labute approximate surface area is 138 Å². The van der Waals surface area contributed by atoms with Crippen molar-refractivity contribution in [2.75, 3.05) is 39.0 Å². The van der Waals surface area contributed by atoms with Gasteiger partial charge in [0.1, 0.15) is 11.5 Å². The van der Waals surface area contributed by atoms with Gasteiger partial charge in [-0.05, 0) is 25.1 Å². The van der Waals surface area contributed by atoms with Crippen LogP contribution in [-0.4, -0.2) is 62.8 Å². The molecular weight excluding hydrogens is 316 g/mol. The number of hydrogen-bond donors (Lipinski definition) is 0. The fourth-order valence-corrected chi connectivity index (χ4v) is 4.32. The van der Waals surface area contributed by atoms with Crippen LogP contribution in [0.3, 0.4) is 0 Å². The highest BCUT2D eigenvalue weighted by molar-refractivity contribution is 7.88. The van der Waals surface area contributed by atoms with E-state index in [0.29, 0.717) is 19.7 Å². The fourth-order valence-electron chi connectivity index (χ4n) is 3.45. The Hall–Kier alpha value is -0.890. The lowest BCUT2D eigenvalue weighted by molar-refractivity contribution is -0.0255. The Morgan fingerprint density at radius 2 is 2.00 bits per heavy atom. The maximum absolute atomic E-state index is 11.8. The summed E-state index contributed by atoms with van der Waals surface area (Å²) in [4.78, 5) is 2.34. The van der Waals surface area contributed by atoms with Crippen molar-refractivity contribution < 1.29 is 17.6 Å². The maximum Gasteiger partial charge on any atom is 0.211 e. The number of ether oxygens (including phenoxy) is 1.